The predicted molar refractivity (Wildman–Crippen MR) is 78.7 cm³/mol. The van der Waals surface area contributed by atoms with E-state index in [1.165, 1.54) is 6.07 Å². The normalized spacial score (nSPS) is 10.8. The van der Waals surface area contributed by atoms with Gasteiger partial charge in [0.15, 0.2) is 11.6 Å². The van der Waals surface area contributed by atoms with Crippen molar-refractivity contribution in [2.24, 2.45) is 7.05 Å². The number of hydrogen-bond donors (Lipinski definition) is 0. The van der Waals surface area contributed by atoms with Crippen molar-refractivity contribution in [2.75, 3.05) is 0 Å². The second-order valence-corrected chi connectivity index (χ2v) is 5.76. The molecule has 0 aliphatic rings. The summed E-state index contributed by atoms with van der Waals surface area (Å²) in [7, 11) is 1.85. The predicted octanol–water partition coefficient (Wildman–Crippen LogP) is 4.23. The van der Waals surface area contributed by atoms with Gasteiger partial charge in [0.2, 0.25) is 0 Å². The van der Waals surface area contributed by atoms with Crippen molar-refractivity contribution in [3.05, 3.63) is 44.3 Å². The van der Waals surface area contributed by atoms with Crippen LogP contribution in [0, 0.1) is 5.82 Å². The second-order valence-electron chi connectivity index (χ2n) is 4.05. The first-order valence-electron chi connectivity index (χ1n) is 5.81. The summed E-state index contributed by atoms with van der Waals surface area (Å²) in [5, 5.41) is 4.37. The minimum absolute atomic E-state index is 0.231. The van der Waals surface area contributed by atoms with Crippen LogP contribution >= 0.6 is 31.9 Å². The number of halogens is 3. The Balaban J connectivity index is 2.16. The zero-order valence-electron chi connectivity index (χ0n) is 10.6. The fourth-order valence-electron chi connectivity index (χ4n) is 1.72. The Hall–Kier alpha value is -0.880. The Morgan fingerprint density at radius 1 is 1.37 bits per heavy atom. The summed E-state index contributed by atoms with van der Waals surface area (Å²) >= 11 is 6.71. The summed E-state index contributed by atoms with van der Waals surface area (Å²) in [6.45, 7) is 2.30. The van der Waals surface area contributed by atoms with Crippen molar-refractivity contribution in [1.29, 1.82) is 0 Å². The molecule has 6 heteroatoms. The standard InChI is InChI=1S/C13H13Br2FN2O/c1-3-10-13(15)11(18(2)17-10)7-19-12-5-4-8(14)6-9(12)16/h4-6H,3,7H2,1-2H3. The van der Waals surface area contributed by atoms with Gasteiger partial charge in [-0.3, -0.25) is 4.68 Å². The first kappa shape index (κ1) is 14.5. The molecular weight excluding hydrogens is 379 g/mol. The van der Waals surface area contributed by atoms with Gasteiger partial charge in [-0.2, -0.15) is 5.10 Å². The van der Waals surface area contributed by atoms with E-state index in [0.29, 0.717) is 4.47 Å². The number of aromatic nitrogens is 2. The van der Waals surface area contributed by atoms with Crippen LogP contribution in [0.15, 0.2) is 27.1 Å². The minimum Gasteiger partial charge on any atom is -0.484 e. The lowest BCUT2D eigenvalue weighted by Gasteiger charge is -2.08. The summed E-state index contributed by atoms with van der Waals surface area (Å²) in [4.78, 5) is 0. The van der Waals surface area contributed by atoms with Crippen LogP contribution in [0.5, 0.6) is 5.75 Å². The molecule has 0 saturated heterocycles. The van der Waals surface area contributed by atoms with E-state index in [2.05, 4.69) is 37.0 Å². The van der Waals surface area contributed by atoms with E-state index in [1.807, 2.05) is 14.0 Å². The molecule has 3 nitrogen and oxygen atoms in total. The maximum Gasteiger partial charge on any atom is 0.166 e. The molecule has 1 aromatic heterocycles. The lowest BCUT2D eigenvalue weighted by molar-refractivity contribution is 0.279. The third-order valence-corrected chi connectivity index (χ3v) is 4.17. The van der Waals surface area contributed by atoms with Crippen LogP contribution in [0.4, 0.5) is 4.39 Å². The molecule has 19 heavy (non-hydrogen) atoms. The molecule has 2 rings (SSSR count). The number of benzene rings is 1. The number of nitrogens with zero attached hydrogens (tertiary/aromatic N) is 2. The van der Waals surface area contributed by atoms with Gasteiger partial charge in [0.25, 0.3) is 0 Å². The van der Waals surface area contributed by atoms with Crippen LogP contribution in [0.1, 0.15) is 18.3 Å². The van der Waals surface area contributed by atoms with Gasteiger partial charge in [0.05, 0.1) is 15.9 Å². The van der Waals surface area contributed by atoms with Crippen LogP contribution in [-0.4, -0.2) is 9.78 Å². The molecule has 0 amide bonds. The summed E-state index contributed by atoms with van der Waals surface area (Å²) < 4.78 is 22.5. The summed E-state index contributed by atoms with van der Waals surface area (Å²) in [6, 6.07) is 4.73. The van der Waals surface area contributed by atoms with Crippen LogP contribution in [0.3, 0.4) is 0 Å². The van der Waals surface area contributed by atoms with Crippen molar-refractivity contribution in [3.63, 3.8) is 0 Å². The molecule has 1 heterocycles. The third kappa shape index (κ3) is 3.17. The number of hydrogen-bond acceptors (Lipinski definition) is 2. The average Bonchev–Trinajstić information content (AvgIpc) is 2.64. The molecule has 0 fully saturated rings. The minimum atomic E-state index is -0.386. The Labute approximate surface area is 128 Å². The van der Waals surface area contributed by atoms with Gasteiger partial charge >= 0.3 is 0 Å². The quantitative estimate of drug-likeness (QED) is 0.779. The SMILES string of the molecule is CCc1nn(C)c(COc2ccc(Br)cc2F)c1Br. The molecule has 0 atom stereocenters. The highest BCUT2D eigenvalue weighted by molar-refractivity contribution is 9.10. The van der Waals surface area contributed by atoms with E-state index >= 15 is 0 Å². The molecule has 0 spiro atoms. The highest BCUT2D eigenvalue weighted by Crippen LogP contribution is 2.25. The first-order valence-corrected chi connectivity index (χ1v) is 7.39. The van der Waals surface area contributed by atoms with Crippen molar-refractivity contribution < 1.29 is 9.13 Å². The summed E-state index contributed by atoms with van der Waals surface area (Å²) in [5.74, 6) is -0.155. The molecule has 0 N–H and O–H groups in total. The van der Waals surface area contributed by atoms with Gasteiger partial charge in [0.1, 0.15) is 6.61 Å². The molecule has 0 saturated carbocycles. The Morgan fingerprint density at radius 2 is 2.11 bits per heavy atom. The number of rotatable bonds is 4. The van der Waals surface area contributed by atoms with Crippen molar-refractivity contribution in [1.82, 2.24) is 9.78 Å². The van der Waals surface area contributed by atoms with Gasteiger partial charge < -0.3 is 4.74 Å². The van der Waals surface area contributed by atoms with Crippen molar-refractivity contribution in [3.8, 4) is 5.75 Å². The summed E-state index contributed by atoms with van der Waals surface area (Å²) in [5.41, 5.74) is 1.86. The topological polar surface area (TPSA) is 27.1 Å². The highest BCUT2D eigenvalue weighted by Gasteiger charge is 2.14. The molecule has 0 unspecified atom stereocenters. The molecule has 0 radical (unpaired) electrons. The lowest BCUT2D eigenvalue weighted by Crippen LogP contribution is -2.04. The van der Waals surface area contributed by atoms with Crippen LogP contribution in [0.25, 0.3) is 0 Å². The van der Waals surface area contributed by atoms with Crippen LogP contribution in [0.2, 0.25) is 0 Å². The Kier molecular flexibility index (Phi) is 4.62. The monoisotopic (exact) mass is 390 g/mol. The van der Waals surface area contributed by atoms with Crippen molar-refractivity contribution >= 4 is 31.9 Å². The molecule has 0 bridgehead atoms. The summed E-state index contributed by atoms with van der Waals surface area (Å²) in [6.07, 6.45) is 0.834. The zero-order chi connectivity index (χ0) is 14.0. The smallest absolute Gasteiger partial charge is 0.166 e. The van der Waals surface area contributed by atoms with E-state index < -0.39 is 0 Å². The van der Waals surface area contributed by atoms with Gasteiger partial charge in [0, 0.05) is 11.5 Å². The molecular formula is C13H13Br2FN2O. The molecule has 1 aromatic carbocycles. The van der Waals surface area contributed by atoms with E-state index in [4.69, 9.17) is 4.74 Å². The van der Waals surface area contributed by atoms with E-state index in [-0.39, 0.29) is 18.2 Å². The lowest BCUT2D eigenvalue weighted by atomic mass is 10.3. The van der Waals surface area contributed by atoms with Crippen molar-refractivity contribution in [2.45, 2.75) is 20.0 Å². The van der Waals surface area contributed by atoms with E-state index in [9.17, 15) is 4.39 Å². The van der Waals surface area contributed by atoms with Crippen LogP contribution in [-0.2, 0) is 20.1 Å². The second kappa shape index (κ2) is 6.05. The fourth-order valence-corrected chi connectivity index (χ4v) is 2.78. The largest absolute Gasteiger partial charge is 0.484 e. The highest BCUT2D eigenvalue weighted by atomic mass is 79.9. The third-order valence-electron chi connectivity index (χ3n) is 2.76. The maximum atomic E-state index is 13.6. The van der Waals surface area contributed by atoms with Gasteiger partial charge in [-0.25, -0.2) is 4.39 Å². The Morgan fingerprint density at radius 3 is 2.68 bits per heavy atom. The molecule has 2 aromatic rings. The number of aryl methyl sites for hydroxylation is 2. The number of ether oxygens (including phenoxy) is 1. The zero-order valence-corrected chi connectivity index (χ0v) is 13.8. The van der Waals surface area contributed by atoms with E-state index in [0.717, 1.165) is 22.3 Å². The molecule has 0 aliphatic carbocycles. The van der Waals surface area contributed by atoms with Crippen LogP contribution < -0.4 is 4.74 Å². The van der Waals surface area contributed by atoms with Gasteiger partial charge in [-0.15, -0.1) is 0 Å². The fraction of sp³-hybridized carbons (Fsp3) is 0.308. The maximum absolute atomic E-state index is 13.6. The molecule has 0 aliphatic heterocycles. The Bertz CT molecular complexity index is 599. The van der Waals surface area contributed by atoms with E-state index in [1.54, 1.807) is 16.8 Å². The van der Waals surface area contributed by atoms with Gasteiger partial charge in [-0.05, 0) is 40.5 Å². The molecule has 102 valence electrons. The van der Waals surface area contributed by atoms with Gasteiger partial charge in [-0.1, -0.05) is 22.9 Å². The average molecular weight is 392 g/mol. The first-order chi connectivity index (χ1) is 9.02.